The van der Waals surface area contributed by atoms with Crippen molar-refractivity contribution in [2.24, 2.45) is 0 Å². The average Bonchev–Trinajstić information content (AvgIpc) is 2.46. The number of nitrogens with one attached hydrogen (secondary N) is 1. The molecule has 1 atom stereocenters. The third-order valence-electron chi connectivity index (χ3n) is 2.88. The van der Waals surface area contributed by atoms with Gasteiger partial charge in [-0.1, -0.05) is 29.8 Å². The molecule has 2 N–H and O–H groups in total. The molecule has 0 saturated carbocycles. The fourth-order valence-electron chi connectivity index (χ4n) is 1.74. The average molecular weight is 306 g/mol. The molecule has 5 heteroatoms. The van der Waals surface area contributed by atoms with E-state index >= 15 is 0 Å². The van der Waals surface area contributed by atoms with Gasteiger partial charge < -0.3 is 15.2 Å². The van der Waals surface area contributed by atoms with Crippen LogP contribution in [0.1, 0.15) is 12.5 Å². The molecule has 1 amide bonds. The number of amides is 1. The summed E-state index contributed by atoms with van der Waals surface area (Å²) in [4.78, 5) is 12.0. The second-order valence-electron chi connectivity index (χ2n) is 4.60. The summed E-state index contributed by atoms with van der Waals surface area (Å²) in [7, 11) is 0. The molecular weight excluding hydrogens is 290 g/mol. The zero-order chi connectivity index (χ0) is 15.2. The quantitative estimate of drug-likeness (QED) is 0.892. The number of rotatable bonds is 5. The SMILES string of the molecule is CC(Oc1cccc(Cl)c1)C(=O)NCc1ccc(O)cc1. The van der Waals surface area contributed by atoms with Gasteiger partial charge in [-0.15, -0.1) is 0 Å². The first kappa shape index (κ1) is 15.2. The molecule has 0 saturated heterocycles. The smallest absolute Gasteiger partial charge is 0.261 e. The summed E-state index contributed by atoms with van der Waals surface area (Å²) in [6.45, 7) is 2.05. The minimum Gasteiger partial charge on any atom is -0.508 e. The third kappa shape index (κ3) is 4.68. The van der Waals surface area contributed by atoms with Crippen LogP contribution < -0.4 is 10.1 Å². The first-order valence-electron chi connectivity index (χ1n) is 6.52. The first-order valence-corrected chi connectivity index (χ1v) is 6.90. The van der Waals surface area contributed by atoms with Gasteiger partial charge in [-0.3, -0.25) is 4.79 Å². The first-order chi connectivity index (χ1) is 10.0. The van der Waals surface area contributed by atoms with Gasteiger partial charge in [-0.2, -0.15) is 0 Å². The van der Waals surface area contributed by atoms with Crippen molar-refractivity contribution in [1.29, 1.82) is 0 Å². The molecular formula is C16H16ClNO3. The summed E-state index contributed by atoms with van der Waals surface area (Å²) in [6.07, 6.45) is -0.624. The number of aromatic hydroxyl groups is 1. The molecule has 0 fully saturated rings. The highest BCUT2D eigenvalue weighted by atomic mass is 35.5. The van der Waals surface area contributed by atoms with E-state index in [-0.39, 0.29) is 11.7 Å². The number of carbonyl (C=O) groups excluding carboxylic acids is 1. The summed E-state index contributed by atoms with van der Waals surface area (Å²) in [5, 5.41) is 12.5. The molecule has 2 rings (SSSR count). The van der Waals surface area contributed by atoms with E-state index in [2.05, 4.69) is 5.32 Å². The molecule has 0 bridgehead atoms. The van der Waals surface area contributed by atoms with E-state index in [0.29, 0.717) is 17.3 Å². The number of halogens is 1. The molecule has 1 unspecified atom stereocenters. The van der Waals surface area contributed by atoms with Gasteiger partial charge >= 0.3 is 0 Å². The molecule has 0 heterocycles. The maximum Gasteiger partial charge on any atom is 0.261 e. The number of hydrogen-bond donors (Lipinski definition) is 2. The van der Waals surface area contributed by atoms with Crippen LogP contribution in [-0.2, 0) is 11.3 Å². The fraction of sp³-hybridized carbons (Fsp3) is 0.188. The summed E-state index contributed by atoms with van der Waals surface area (Å²) in [6, 6.07) is 13.6. The normalized spacial score (nSPS) is 11.7. The fourth-order valence-corrected chi connectivity index (χ4v) is 1.92. The Morgan fingerprint density at radius 3 is 2.67 bits per heavy atom. The number of carbonyl (C=O) groups is 1. The maximum atomic E-state index is 12.0. The molecule has 0 aliphatic heterocycles. The zero-order valence-electron chi connectivity index (χ0n) is 11.5. The second kappa shape index (κ2) is 6.99. The van der Waals surface area contributed by atoms with Crippen LogP contribution in [-0.4, -0.2) is 17.1 Å². The summed E-state index contributed by atoms with van der Waals surface area (Å²) >= 11 is 5.86. The monoisotopic (exact) mass is 305 g/mol. The van der Waals surface area contributed by atoms with Crippen LogP contribution in [0.2, 0.25) is 5.02 Å². The van der Waals surface area contributed by atoms with Gasteiger partial charge in [0.2, 0.25) is 0 Å². The van der Waals surface area contributed by atoms with Crippen molar-refractivity contribution in [3.05, 3.63) is 59.1 Å². The zero-order valence-corrected chi connectivity index (χ0v) is 12.3. The lowest BCUT2D eigenvalue weighted by molar-refractivity contribution is -0.127. The van der Waals surface area contributed by atoms with Crippen LogP contribution >= 0.6 is 11.6 Å². The minimum atomic E-state index is -0.624. The Kier molecular flexibility index (Phi) is 5.06. The lowest BCUT2D eigenvalue weighted by atomic mass is 10.2. The number of benzene rings is 2. The highest BCUT2D eigenvalue weighted by Gasteiger charge is 2.14. The number of hydrogen-bond acceptors (Lipinski definition) is 3. The van der Waals surface area contributed by atoms with Gasteiger partial charge in [0.1, 0.15) is 11.5 Å². The molecule has 2 aromatic rings. The predicted molar refractivity (Wildman–Crippen MR) is 81.5 cm³/mol. The van der Waals surface area contributed by atoms with Crippen molar-refractivity contribution >= 4 is 17.5 Å². The van der Waals surface area contributed by atoms with Crippen LogP contribution in [0.15, 0.2) is 48.5 Å². The van der Waals surface area contributed by atoms with E-state index in [9.17, 15) is 9.90 Å². The number of ether oxygens (including phenoxy) is 1. The van der Waals surface area contributed by atoms with Gasteiger partial charge in [0.15, 0.2) is 6.10 Å². The summed E-state index contributed by atoms with van der Waals surface area (Å²) in [5.74, 6) is 0.528. The maximum absolute atomic E-state index is 12.0. The van der Waals surface area contributed by atoms with Crippen molar-refractivity contribution in [1.82, 2.24) is 5.32 Å². The Morgan fingerprint density at radius 1 is 1.29 bits per heavy atom. The molecule has 110 valence electrons. The van der Waals surface area contributed by atoms with Crippen molar-refractivity contribution in [2.75, 3.05) is 0 Å². The lowest BCUT2D eigenvalue weighted by Crippen LogP contribution is -2.35. The van der Waals surface area contributed by atoms with E-state index in [0.717, 1.165) is 5.56 Å². The van der Waals surface area contributed by atoms with Crippen LogP contribution in [0, 0.1) is 0 Å². The highest BCUT2D eigenvalue weighted by molar-refractivity contribution is 6.30. The summed E-state index contributed by atoms with van der Waals surface area (Å²) < 4.78 is 5.53. The van der Waals surface area contributed by atoms with Crippen molar-refractivity contribution < 1.29 is 14.6 Å². The van der Waals surface area contributed by atoms with E-state index in [4.69, 9.17) is 16.3 Å². The molecule has 2 aromatic carbocycles. The lowest BCUT2D eigenvalue weighted by Gasteiger charge is -2.15. The molecule has 21 heavy (non-hydrogen) atoms. The predicted octanol–water partition coefficient (Wildman–Crippen LogP) is 3.13. The van der Waals surface area contributed by atoms with Crippen molar-refractivity contribution in [2.45, 2.75) is 19.6 Å². The standard InChI is InChI=1S/C16H16ClNO3/c1-11(21-15-4-2-3-13(17)9-15)16(20)18-10-12-5-7-14(19)8-6-12/h2-9,11,19H,10H2,1H3,(H,18,20). The largest absolute Gasteiger partial charge is 0.508 e. The van der Waals surface area contributed by atoms with Crippen LogP contribution in [0.3, 0.4) is 0 Å². The Bertz CT molecular complexity index is 613. The van der Waals surface area contributed by atoms with Crippen LogP contribution in [0.25, 0.3) is 0 Å². The van der Waals surface area contributed by atoms with E-state index in [1.165, 1.54) is 0 Å². The van der Waals surface area contributed by atoms with Crippen LogP contribution in [0.5, 0.6) is 11.5 Å². The van der Waals surface area contributed by atoms with Crippen molar-refractivity contribution in [3.8, 4) is 11.5 Å². The van der Waals surface area contributed by atoms with Gasteiger partial charge in [-0.25, -0.2) is 0 Å². The number of phenolic OH excluding ortho intramolecular Hbond substituents is 1. The highest BCUT2D eigenvalue weighted by Crippen LogP contribution is 2.18. The Labute approximate surface area is 128 Å². The molecule has 4 nitrogen and oxygen atoms in total. The molecule has 0 aliphatic rings. The Morgan fingerprint density at radius 2 is 2.00 bits per heavy atom. The molecule has 0 radical (unpaired) electrons. The molecule has 0 aromatic heterocycles. The van der Waals surface area contributed by atoms with Gasteiger partial charge in [-0.05, 0) is 42.8 Å². The minimum absolute atomic E-state index is 0.197. The van der Waals surface area contributed by atoms with E-state index < -0.39 is 6.10 Å². The second-order valence-corrected chi connectivity index (χ2v) is 5.04. The van der Waals surface area contributed by atoms with E-state index in [1.807, 2.05) is 0 Å². The molecule has 0 aliphatic carbocycles. The Balaban J connectivity index is 1.86. The van der Waals surface area contributed by atoms with Crippen molar-refractivity contribution in [3.63, 3.8) is 0 Å². The van der Waals surface area contributed by atoms with Gasteiger partial charge in [0, 0.05) is 11.6 Å². The molecule has 0 spiro atoms. The van der Waals surface area contributed by atoms with Crippen LogP contribution in [0.4, 0.5) is 0 Å². The third-order valence-corrected chi connectivity index (χ3v) is 3.12. The number of phenols is 1. The van der Waals surface area contributed by atoms with Gasteiger partial charge in [0.05, 0.1) is 0 Å². The topological polar surface area (TPSA) is 58.6 Å². The van der Waals surface area contributed by atoms with Gasteiger partial charge in [0.25, 0.3) is 5.91 Å². The van der Waals surface area contributed by atoms with E-state index in [1.54, 1.807) is 55.5 Å². The Hall–Kier alpha value is -2.20. The summed E-state index contributed by atoms with van der Waals surface area (Å²) in [5.41, 5.74) is 0.899.